The Hall–Kier alpha value is -0.940. The second-order valence-electron chi connectivity index (χ2n) is 3.87. The Balaban J connectivity index is 2.42. The smallest absolute Gasteiger partial charge is 0.125 e. The lowest BCUT2D eigenvalue weighted by atomic mass is 10.2. The van der Waals surface area contributed by atoms with E-state index < -0.39 is 16.6 Å². The molecule has 0 aliphatic carbocycles. The van der Waals surface area contributed by atoms with Gasteiger partial charge in [-0.3, -0.25) is 4.21 Å². The highest BCUT2D eigenvalue weighted by atomic mass is 32.2. The van der Waals surface area contributed by atoms with Crippen LogP contribution in [0, 0.1) is 5.82 Å². The molecule has 5 heteroatoms. The Morgan fingerprint density at radius 3 is 2.59 bits per heavy atom. The fraction of sp³-hybridized carbons (Fsp3) is 0.500. The van der Waals surface area contributed by atoms with E-state index in [4.69, 9.17) is 10.8 Å². The van der Waals surface area contributed by atoms with Crippen LogP contribution in [0.5, 0.6) is 0 Å². The fourth-order valence-electron chi connectivity index (χ4n) is 1.54. The molecule has 0 heterocycles. The zero-order chi connectivity index (χ0) is 12.7. The van der Waals surface area contributed by atoms with E-state index in [1.807, 2.05) is 0 Å². The lowest BCUT2D eigenvalue weighted by Gasteiger charge is -2.05. The first-order chi connectivity index (χ1) is 8.15. The molecule has 0 aromatic heterocycles. The quantitative estimate of drug-likeness (QED) is 0.582. The third-order valence-electron chi connectivity index (χ3n) is 2.45. The van der Waals surface area contributed by atoms with Crippen molar-refractivity contribution in [2.45, 2.75) is 30.6 Å². The largest absolute Gasteiger partial charge is 0.398 e. The summed E-state index contributed by atoms with van der Waals surface area (Å²) >= 11 is 0. The van der Waals surface area contributed by atoms with Crippen molar-refractivity contribution in [2.24, 2.45) is 0 Å². The van der Waals surface area contributed by atoms with Crippen LogP contribution in [-0.4, -0.2) is 21.7 Å². The minimum Gasteiger partial charge on any atom is -0.398 e. The number of nitrogen functional groups attached to an aromatic ring is 1. The van der Waals surface area contributed by atoms with E-state index in [-0.39, 0.29) is 12.3 Å². The minimum atomic E-state index is -1.16. The van der Waals surface area contributed by atoms with Gasteiger partial charge in [0.05, 0.1) is 21.4 Å². The maximum absolute atomic E-state index is 12.8. The first kappa shape index (κ1) is 14.1. The number of hydrogen-bond acceptors (Lipinski definition) is 3. The molecule has 0 spiro atoms. The minimum absolute atomic E-state index is 0.202. The van der Waals surface area contributed by atoms with E-state index in [1.54, 1.807) is 0 Å². The lowest BCUT2D eigenvalue weighted by molar-refractivity contribution is 0.283. The van der Waals surface area contributed by atoms with Crippen molar-refractivity contribution in [3.05, 3.63) is 24.0 Å². The summed E-state index contributed by atoms with van der Waals surface area (Å²) in [6, 6.07) is 3.95. The summed E-state index contributed by atoms with van der Waals surface area (Å²) in [4.78, 5) is 0.508. The van der Waals surface area contributed by atoms with Crippen molar-refractivity contribution in [1.82, 2.24) is 0 Å². The molecule has 1 unspecified atom stereocenters. The second-order valence-corrected chi connectivity index (χ2v) is 5.41. The van der Waals surface area contributed by atoms with Gasteiger partial charge < -0.3 is 10.8 Å². The average molecular weight is 259 g/mol. The van der Waals surface area contributed by atoms with Gasteiger partial charge in [-0.05, 0) is 31.0 Å². The standard InChI is InChI=1S/C12H18FNO2S/c13-10-5-6-12(11(14)9-10)17(16)8-4-2-1-3-7-15/h5-6,9,15H,1-4,7-8,14H2. The van der Waals surface area contributed by atoms with Gasteiger partial charge in [-0.15, -0.1) is 0 Å². The summed E-state index contributed by atoms with van der Waals surface area (Å²) < 4.78 is 24.7. The van der Waals surface area contributed by atoms with E-state index in [1.165, 1.54) is 18.2 Å². The zero-order valence-electron chi connectivity index (χ0n) is 9.69. The Labute approximate surface area is 103 Å². The van der Waals surface area contributed by atoms with Crippen LogP contribution in [0.1, 0.15) is 25.7 Å². The third kappa shape index (κ3) is 4.83. The number of anilines is 1. The number of aliphatic hydroxyl groups is 1. The Kier molecular flexibility index (Phi) is 6.15. The molecule has 0 aliphatic rings. The van der Waals surface area contributed by atoms with Crippen LogP contribution in [0.15, 0.2) is 23.1 Å². The van der Waals surface area contributed by atoms with Crippen molar-refractivity contribution in [1.29, 1.82) is 0 Å². The van der Waals surface area contributed by atoms with Crippen molar-refractivity contribution in [2.75, 3.05) is 18.1 Å². The summed E-state index contributed by atoms with van der Waals surface area (Å²) in [5.41, 5.74) is 5.86. The summed E-state index contributed by atoms with van der Waals surface area (Å²) in [5, 5.41) is 8.60. The summed E-state index contributed by atoms with van der Waals surface area (Å²) in [5.74, 6) is 0.118. The Morgan fingerprint density at radius 2 is 1.94 bits per heavy atom. The van der Waals surface area contributed by atoms with Crippen molar-refractivity contribution < 1.29 is 13.7 Å². The van der Waals surface area contributed by atoms with E-state index in [0.29, 0.717) is 10.6 Å². The molecule has 0 saturated carbocycles. The molecular weight excluding hydrogens is 241 g/mol. The van der Waals surface area contributed by atoms with E-state index in [0.717, 1.165) is 25.7 Å². The number of halogens is 1. The SMILES string of the molecule is Nc1cc(F)ccc1S(=O)CCCCCCO. The van der Waals surface area contributed by atoms with E-state index >= 15 is 0 Å². The van der Waals surface area contributed by atoms with Gasteiger partial charge in [0, 0.05) is 12.4 Å². The molecule has 1 aromatic carbocycles. The van der Waals surface area contributed by atoms with E-state index in [9.17, 15) is 8.60 Å². The molecule has 0 aliphatic heterocycles. The van der Waals surface area contributed by atoms with Crippen molar-refractivity contribution in [3.8, 4) is 0 Å². The normalized spacial score (nSPS) is 12.6. The summed E-state index contributed by atoms with van der Waals surface area (Å²) in [6.45, 7) is 0.202. The molecule has 1 aromatic rings. The highest BCUT2D eigenvalue weighted by Crippen LogP contribution is 2.18. The Morgan fingerprint density at radius 1 is 1.24 bits per heavy atom. The first-order valence-corrected chi connectivity index (χ1v) is 7.01. The molecule has 1 atom stereocenters. The van der Waals surface area contributed by atoms with Crippen LogP contribution in [0.3, 0.4) is 0 Å². The average Bonchev–Trinajstić information content (AvgIpc) is 2.28. The monoisotopic (exact) mass is 259 g/mol. The number of nitrogens with two attached hydrogens (primary N) is 1. The first-order valence-electron chi connectivity index (χ1n) is 5.69. The number of unbranched alkanes of at least 4 members (excludes halogenated alkanes) is 3. The van der Waals surface area contributed by atoms with Crippen LogP contribution in [0.25, 0.3) is 0 Å². The number of rotatable bonds is 7. The van der Waals surface area contributed by atoms with Gasteiger partial charge in [-0.2, -0.15) is 0 Å². The number of hydrogen-bond donors (Lipinski definition) is 2. The summed E-state index contributed by atoms with van der Waals surface area (Å²) in [7, 11) is -1.16. The molecule has 0 saturated heterocycles. The third-order valence-corrected chi connectivity index (χ3v) is 3.98. The van der Waals surface area contributed by atoms with Gasteiger partial charge in [0.25, 0.3) is 0 Å². The molecule has 17 heavy (non-hydrogen) atoms. The second kappa shape index (κ2) is 7.40. The van der Waals surface area contributed by atoms with Crippen LogP contribution in [-0.2, 0) is 10.8 Å². The van der Waals surface area contributed by atoms with Gasteiger partial charge in [-0.1, -0.05) is 12.8 Å². The number of aliphatic hydroxyl groups excluding tert-OH is 1. The molecular formula is C12H18FNO2S. The molecule has 0 fully saturated rings. The summed E-state index contributed by atoms with van der Waals surface area (Å²) in [6.07, 6.45) is 3.48. The van der Waals surface area contributed by atoms with Gasteiger partial charge >= 0.3 is 0 Å². The highest BCUT2D eigenvalue weighted by Gasteiger charge is 2.08. The van der Waals surface area contributed by atoms with Crippen molar-refractivity contribution in [3.63, 3.8) is 0 Å². The van der Waals surface area contributed by atoms with Crippen molar-refractivity contribution >= 4 is 16.5 Å². The van der Waals surface area contributed by atoms with Crippen LogP contribution in [0.4, 0.5) is 10.1 Å². The topological polar surface area (TPSA) is 63.3 Å². The molecule has 0 bridgehead atoms. The van der Waals surface area contributed by atoms with Crippen LogP contribution < -0.4 is 5.73 Å². The molecule has 96 valence electrons. The molecule has 1 rings (SSSR count). The number of benzene rings is 1. The highest BCUT2D eigenvalue weighted by molar-refractivity contribution is 7.85. The predicted octanol–water partition coefficient (Wildman–Crippen LogP) is 2.07. The Bertz CT molecular complexity index is 385. The molecule has 0 amide bonds. The molecule has 3 nitrogen and oxygen atoms in total. The van der Waals surface area contributed by atoms with E-state index in [2.05, 4.69) is 0 Å². The predicted molar refractivity (Wildman–Crippen MR) is 67.6 cm³/mol. The van der Waals surface area contributed by atoms with Gasteiger partial charge in [0.1, 0.15) is 5.82 Å². The van der Waals surface area contributed by atoms with Crippen LogP contribution in [0.2, 0.25) is 0 Å². The molecule has 0 radical (unpaired) electrons. The molecule has 3 N–H and O–H groups in total. The van der Waals surface area contributed by atoms with Gasteiger partial charge in [0.15, 0.2) is 0 Å². The van der Waals surface area contributed by atoms with Gasteiger partial charge in [-0.25, -0.2) is 4.39 Å². The zero-order valence-corrected chi connectivity index (χ0v) is 10.5. The van der Waals surface area contributed by atoms with Crippen LogP contribution >= 0.6 is 0 Å². The maximum atomic E-state index is 12.8. The lowest BCUT2D eigenvalue weighted by Crippen LogP contribution is -2.02. The fourth-order valence-corrected chi connectivity index (χ4v) is 2.76. The van der Waals surface area contributed by atoms with Gasteiger partial charge in [0.2, 0.25) is 0 Å². The maximum Gasteiger partial charge on any atom is 0.125 e.